The van der Waals surface area contributed by atoms with Gasteiger partial charge >= 0.3 is 0 Å². The van der Waals surface area contributed by atoms with Crippen LogP contribution in [0.25, 0.3) is 10.2 Å². The Labute approximate surface area is 166 Å². The zero-order valence-corrected chi connectivity index (χ0v) is 16.4. The molecule has 0 saturated heterocycles. The number of pyridine rings is 1. The van der Waals surface area contributed by atoms with Gasteiger partial charge in [-0.05, 0) is 43.2 Å². The number of carbonyl (C=O) groups excluding carboxylic acids is 1. The van der Waals surface area contributed by atoms with E-state index in [0.717, 1.165) is 32.0 Å². The van der Waals surface area contributed by atoms with Crippen LogP contribution in [0.4, 0.5) is 5.82 Å². The second kappa shape index (κ2) is 7.40. The molecule has 4 N–H and O–H groups in total. The van der Waals surface area contributed by atoms with Gasteiger partial charge in [0.1, 0.15) is 10.8 Å². The number of carbonyl (C=O) groups is 1. The molecule has 0 saturated carbocycles. The van der Waals surface area contributed by atoms with Gasteiger partial charge in [-0.3, -0.25) is 9.89 Å². The zero-order valence-electron chi connectivity index (χ0n) is 15.6. The molecule has 0 spiro atoms. The number of thiazole rings is 1. The number of amides is 1. The number of benzene rings is 1. The number of hydrogen-bond donors (Lipinski definition) is 3. The van der Waals surface area contributed by atoms with Crippen molar-refractivity contribution < 1.29 is 4.79 Å². The summed E-state index contributed by atoms with van der Waals surface area (Å²) in [6.07, 6.45) is 3.66. The molecular formula is C20H20N6OS. The molecule has 4 rings (SSSR count). The minimum absolute atomic E-state index is 0.197. The van der Waals surface area contributed by atoms with Crippen LogP contribution in [0.5, 0.6) is 0 Å². The van der Waals surface area contributed by atoms with E-state index in [4.69, 9.17) is 10.7 Å². The van der Waals surface area contributed by atoms with E-state index in [0.29, 0.717) is 17.8 Å². The van der Waals surface area contributed by atoms with E-state index in [9.17, 15) is 4.79 Å². The second-order valence-electron chi connectivity index (χ2n) is 6.66. The van der Waals surface area contributed by atoms with Gasteiger partial charge in [0.25, 0.3) is 5.91 Å². The first kappa shape index (κ1) is 18.1. The average molecular weight is 392 g/mol. The Balaban J connectivity index is 1.71. The first-order chi connectivity index (χ1) is 13.5. The van der Waals surface area contributed by atoms with Crippen LogP contribution in [0.3, 0.4) is 0 Å². The van der Waals surface area contributed by atoms with Crippen molar-refractivity contribution >= 4 is 33.3 Å². The summed E-state index contributed by atoms with van der Waals surface area (Å²) in [5.74, 6) is 0.300. The first-order valence-electron chi connectivity index (χ1n) is 8.89. The predicted molar refractivity (Wildman–Crippen MR) is 110 cm³/mol. The number of nitrogens with two attached hydrogens (primary N) is 1. The van der Waals surface area contributed by atoms with E-state index in [-0.39, 0.29) is 11.9 Å². The number of hydrogen-bond acceptors (Lipinski definition) is 6. The molecule has 3 aromatic heterocycles. The Bertz CT molecular complexity index is 1080. The standard InChI is InChI=1S/C20H20N6OS/c1-11-7-18(21)24-12(2)14(11)8-16(25-19(27)13-9-22-23-10-13)20-26-15-5-3-4-6-17(15)28-20/h3-7,9-10,16H,8H2,1-2H3,(H2,21,24)(H,22,23)(H,25,27). The third-order valence-electron chi connectivity index (χ3n) is 4.66. The van der Waals surface area contributed by atoms with Crippen molar-refractivity contribution in [2.24, 2.45) is 0 Å². The highest BCUT2D eigenvalue weighted by Crippen LogP contribution is 2.30. The summed E-state index contributed by atoms with van der Waals surface area (Å²) in [5, 5.41) is 10.5. The van der Waals surface area contributed by atoms with Crippen molar-refractivity contribution in [1.29, 1.82) is 0 Å². The summed E-state index contributed by atoms with van der Waals surface area (Å²) in [6.45, 7) is 3.94. The highest BCUT2D eigenvalue weighted by Gasteiger charge is 2.22. The molecule has 1 aromatic carbocycles. The van der Waals surface area contributed by atoms with Crippen LogP contribution in [0.1, 0.15) is 38.2 Å². The van der Waals surface area contributed by atoms with E-state index in [1.54, 1.807) is 17.5 Å². The summed E-state index contributed by atoms with van der Waals surface area (Å²) in [7, 11) is 0. The van der Waals surface area contributed by atoms with E-state index in [1.807, 2.05) is 44.2 Å². The second-order valence-corrected chi connectivity index (χ2v) is 7.73. The molecule has 0 aliphatic rings. The fourth-order valence-electron chi connectivity index (χ4n) is 3.26. The van der Waals surface area contributed by atoms with Gasteiger partial charge in [0.2, 0.25) is 0 Å². The highest BCUT2D eigenvalue weighted by molar-refractivity contribution is 7.18. The number of nitrogens with zero attached hydrogens (tertiary/aromatic N) is 3. The van der Waals surface area contributed by atoms with Crippen molar-refractivity contribution in [3.05, 3.63) is 70.1 Å². The lowest BCUT2D eigenvalue weighted by atomic mass is 9.99. The topological polar surface area (TPSA) is 110 Å². The van der Waals surface area contributed by atoms with Crippen LogP contribution in [-0.2, 0) is 6.42 Å². The van der Waals surface area contributed by atoms with Crippen LogP contribution in [0.15, 0.2) is 42.7 Å². The SMILES string of the molecule is Cc1cc(N)nc(C)c1CC(NC(=O)c1cn[nH]c1)c1nc2ccccc2s1. The number of aromatic amines is 1. The number of para-hydroxylation sites is 1. The van der Waals surface area contributed by atoms with Crippen molar-refractivity contribution in [2.45, 2.75) is 26.3 Å². The number of fused-ring (bicyclic) bond motifs is 1. The molecule has 0 aliphatic heterocycles. The number of nitrogen functional groups attached to an aromatic ring is 1. The maximum absolute atomic E-state index is 12.7. The van der Waals surface area contributed by atoms with E-state index in [1.165, 1.54) is 6.20 Å². The lowest BCUT2D eigenvalue weighted by Gasteiger charge is -2.19. The number of nitrogens with one attached hydrogen (secondary N) is 2. The Morgan fingerprint density at radius 2 is 2.11 bits per heavy atom. The van der Waals surface area contributed by atoms with Crippen molar-refractivity contribution in [2.75, 3.05) is 5.73 Å². The van der Waals surface area contributed by atoms with Crippen LogP contribution < -0.4 is 11.1 Å². The largest absolute Gasteiger partial charge is 0.384 e. The van der Waals surface area contributed by atoms with E-state index >= 15 is 0 Å². The maximum Gasteiger partial charge on any atom is 0.255 e. The molecule has 1 unspecified atom stereocenters. The molecular weight excluding hydrogens is 372 g/mol. The maximum atomic E-state index is 12.7. The zero-order chi connectivity index (χ0) is 19.7. The van der Waals surface area contributed by atoms with Crippen LogP contribution in [0.2, 0.25) is 0 Å². The third kappa shape index (κ3) is 3.59. The molecule has 0 fully saturated rings. The molecule has 0 radical (unpaired) electrons. The Morgan fingerprint density at radius 1 is 1.29 bits per heavy atom. The summed E-state index contributed by atoms with van der Waals surface area (Å²) in [6, 6.07) is 9.53. The first-order valence-corrected chi connectivity index (χ1v) is 9.70. The lowest BCUT2D eigenvalue weighted by molar-refractivity contribution is 0.0936. The Morgan fingerprint density at radius 3 is 2.82 bits per heavy atom. The number of aryl methyl sites for hydroxylation is 2. The molecule has 0 aliphatic carbocycles. The summed E-state index contributed by atoms with van der Waals surface area (Å²) < 4.78 is 1.09. The average Bonchev–Trinajstić information content (AvgIpc) is 3.32. The summed E-state index contributed by atoms with van der Waals surface area (Å²) in [4.78, 5) is 21.8. The molecule has 0 bridgehead atoms. The molecule has 28 heavy (non-hydrogen) atoms. The monoisotopic (exact) mass is 392 g/mol. The van der Waals surface area contributed by atoms with Gasteiger partial charge in [0.05, 0.1) is 28.0 Å². The molecule has 3 heterocycles. The summed E-state index contributed by atoms with van der Waals surface area (Å²) >= 11 is 1.58. The Kier molecular flexibility index (Phi) is 4.79. The Hall–Kier alpha value is -3.26. The van der Waals surface area contributed by atoms with Gasteiger partial charge in [0.15, 0.2) is 0 Å². The quantitative estimate of drug-likeness (QED) is 0.483. The number of anilines is 1. The minimum Gasteiger partial charge on any atom is -0.384 e. The fraction of sp³-hybridized carbons (Fsp3) is 0.200. The normalized spacial score (nSPS) is 12.2. The molecule has 4 aromatic rings. The number of H-pyrrole nitrogens is 1. The van der Waals surface area contributed by atoms with Crippen LogP contribution >= 0.6 is 11.3 Å². The van der Waals surface area contributed by atoms with Crippen molar-refractivity contribution in [3.8, 4) is 0 Å². The predicted octanol–water partition coefficient (Wildman–Crippen LogP) is 3.33. The van der Waals surface area contributed by atoms with E-state index in [2.05, 4.69) is 20.5 Å². The fourth-order valence-corrected chi connectivity index (χ4v) is 4.27. The summed E-state index contributed by atoms with van der Waals surface area (Å²) in [5.41, 5.74) is 10.2. The smallest absolute Gasteiger partial charge is 0.255 e. The molecule has 142 valence electrons. The number of rotatable bonds is 5. The van der Waals surface area contributed by atoms with Gasteiger partial charge in [0, 0.05) is 18.3 Å². The van der Waals surface area contributed by atoms with Crippen molar-refractivity contribution in [3.63, 3.8) is 0 Å². The number of aromatic nitrogens is 4. The van der Waals surface area contributed by atoms with Crippen LogP contribution in [0, 0.1) is 13.8 Å². The lowest BCUT2D eigenvalue weighted by Crippen LogP contribution is -2.30. The molecule has 1 atom stereocenters. The third-order valence-corrected chi connectivity index (χ3v) is 5.81. The molecule has 7 nitrogen and oxygen atoms in total. The van der Waals surface area contributed by atoms with Gasteiger partial charge < -0.3 is 11.1 Å². The van der Waals surface area contributed by atoms with Gasteiger partial charge in [-0.25, -0.2) is 9.97 Å². The minimum atomic E-state index is -0.289. The van der Waals surface area contributed by atoms with E-state index < -0.39 is 0 Å². The highest BCUT2D eigenvalue weighted by atomic mass is 32.1. The van der Waals surface area contributed by atoms with Gasteiger partial charge in [-0.2, -0.15) is 5.10 Å². The van der Waals surface area contributed by atoms with Gasteiger partial charge in [-0.15, -0.1) is 11.3 Å². The van der Waals surface area contributed by atoms with Crippen molar-refractivity contribution in [1.82, 2.24) is 25.5 Å². The molecule has 8 heteroatoms. The van der Waals surface area contributed by atoms with Gasteiger partial charge in [-0.1, -0.05) is 12.1 Å². The molecule has 1 amide bonds. The van der Waals surface area contributed by atoms with Crippen LogP contribution in [-0.4, -0.2) is 26.1 Å².